The van der Waals surface area contributed by atoms with Crippen LogP contribution in [-0.4, -0.2) is 22.3 Å². The first-order valence-electron chi connectivity index (χ1n) is 8.02. The Hall–Kier alpha value is -2.07. The molecule has 0 radical (unpaired) electrons. The topological polar surface area (TPSA) is 37.4 Å². The molecule has 2 aromatic carbocycles. The van der Waals surface area contributed by atoms with E-state index in [9.17, 15) is 9.59 Å². The van der Waals surface area contributed by atoms with Crippen molar-refractivity contribution in [3.05, 3.63) is 59.1 Å². The Kier molecular flexibility index (Phi) is 4.50. The van der Waals surface area contributed by atoms with E-state index in [-0.39, 0.29) is 11.7 Å². The summed E-state index contributed by atoms with van der Waals surface area (Å²) >= 11 is 1.44. The first-order chi connectivity index (χ1) is 11.4. The van der Waals surface area contributed by atoms with Gasteiger partial charge in [-0.25, -0.2) is 0 Å². The standard InChI is InChI=1S/C20H21NO2S/c1-20(2,3)17(22)11-19-21(18(23)13-24-19)12-15-9-6-8-14-7-4-5-10-16(14)15/h4-11H,12-13H2,1-3H3/b19-11-. The maximum atomic E-state index is 12.3. The van der Waals surface area contributed by atoms with Gasteiger partial charge in [-0.05, 0) is 16.3 Å². The number of thioether (sulfide) groups is 1. The third kappa shape index (κ3) is 3.39. The number of fused-ring (bicyclic) bond motifs is 1. The van der Waals surface area contributed by atoms with E-state index < -0.39 is 5.41 Å². The average molecular weight is 339 g/mol. The molecule has 0 N–H and O–H groups in total. The highest BCUT2D eigenvalue weighted by Gasteiger charge is 2.29. The summed E-state index contributed by atoms with van der Waals surface area (Å²) in [4.78, 5) is 26.4. The first kappa shape index (κ1) is 16.8. The number of allylic oxidation sites excluding steroid dienone is 1. The molecule has 1 heterocycles. The van der Waals surface area contributed by atoms with E-state index in [1.165, 1.54) is 11.8 Å². The van der Waals surface area contributed by atoms with Gasteiger partial charge in [-0.2, -0.15) is 0 Å². The van der Waals surface area contributed by atoms with E-state index in [1.54, 1.807) is 11.0 Å². The quantitative estimate of drug-likeness (QED) is 0.779. The summed E-state index contributed by atoms with van der Waals surface area (Å²) in [6.07, 6.45) is 1.63. The predicted octanol–water partition coefficient (Wildman–Crippen LogP) is 4.37. The van der Waals surface area contributed by atoms with Crippen molar-refractivity contribution in [2.24, 2.45) is 5.41 Å². The number of hydrogen-bond acceptors (Lipinski definition) is 3. The van der Waals surface area contributed by atoms with Gasteiger partial charge in [0.1, 0.15) is 0 Å². The van der Waals surface area contributed by atoms with Crippen LogP contribution in [0.3, 0.4) is 0 Å². The number of carbonyl (C=O) groups is 2. The fourth-order valence-corrected chi connectivity index (χ4v) is 3.57. The van der Waals surface area contributed by atoms with Crippen molar-refractivity contribution in [1.82, 2.24) is 4.90 Å². The monoisotopic (exact) mass is 339 g/mol. The van der Waals surface area contributed by atoms with E-state index in [0.717, 1.165) is 21.4 Å². The summed E-state index contributed by atoms with van der Waals surface area (Å²) in [5.41, 5.74) is 0.655. The predicted molar refractivity (Wildman–Crippen MR) is 99.5 cm³/mol. The van der Waals surface area contributed by atoms with Crippen molar-refractivity contribution in [3.63, 3.8) is 0 Å². The minimum Gasteiger partial charge on any atom is -0.301 e. The Labute approximate surface area is 146 Å². The molecule has 0 spiro atoms. The smallest absolute Gasteiger partial charge is 0.238 e. The zero-order valence-corrected chi connectivity index (χ0v) is 15.0. The van der Waals surface area contributed by atoms with Crippen LogP contribution in [0.1, 0.15) is 26.3 Å². The summed E-state index contributed by atoms with van der Waals surface area (Å²) in [5.74, 6) is 0.497. The third-order valence-electron chi connectivity index (χ3n) is 4.11. The van der Waals surface area contributed by atoms with Gasteiger partial charge >= 0.3 is 0 Å². The molecule has 0 aromatic heterocycles. The fourth-order valence-electron chi connectivity index (χ4n) is 2.63. The lowest BCUT2D eigenvalue weighted by Crippen LogP contribution is -2.26. The SMILES string of the molecule is CC(C)(C)C(=O)/C=C1\SCC(=O)N1Cc1cccc2ccccc12. The molecule has 4 heteroatoms. The van der Waals surface area contributed by atoms with Crippen molar-refractivity contribution in [3.8, 4) is 0 Å². The lowest BCUT2D eigenvalue weighted by Gasteiger charge is -2.20. The van der Waals surface area contributed by atoms with E-state index in [2.05, 4.69) is 18.2 Å². The molecule has 3 nitrogen and oxygen atoms in total. The van der Waals surface area contributed by atoms with Crippen LogP contribution in [0.2, 0.25) is 0 Å². The maximum Gasteiger partial charge on any atom is 0.238 e. The number of amides is 1. The van der Waals surface area contributed by atoms with Gasteiger partial charge in [0.15, 0.2) is 5.78 Å². The van der Waals surface area contributed by atoms with E-state index in [0.29, 0.717) is 12.3 Å². The van der Waals surface area contributed by atoms with Crippen LogP contribution in [0.4, 0.5) is 0 Å². The van der Waals surface area contributed by atoms with Crippen LogP contribution in [0.15, 0.2) is 53.6 Å². The van der Waals surface area contributed by atoms with E-state index >= 15 is 0 Å². The van der Waals surface area contributed by atoms with Gasteiger partial charge in [0, 0.05) is 11.5 Å². The number of nitrogens with zero attached hydrogens (tertiary/aromatic N) is 1. The van der Waals surface area contributed by atoms with Crippen molar-refractivity contribution >= 4 is 34.2 Å². The third-order valence-corrected chi connectivity index (χ3v) is 5.14. The molecular formula is C20H21NO2S. The molecular weight excluding hydrogens is 318 g/mol. The Morgan fingerprint density at radius 1 is 1.17 bits per heavy atom. The van der Waals surface area contributed by atoms with Crippen molar-refractivity contribution < 1.29 is 9.59 Å². The lowest BCUT2D eigenvalue weighted by molar-refractivity contribution is -0.125. The molecule has 1 aliphatic rings. The molecule has 0 atom stereocenters. The molecule has 24 heavy (non-hydrogen) atoms. The molecule has 1 amide bonds. The van der Waals surface area contributed by atoms with Crippen LogP contribution in [0.25, 0.3) is 10.8 Å². The molecule has 1 fully saturated rings. The first-order valence-corrected chi connectivity index (χ1v) is 9.01. The molecule has 0 aliphatic carbocycles. The molecule has 0 bridgehead atoms. The number of carbonyl (C=O) groups excluding carboxylic acids is 2. The largest absolute Gasteiger partial charge is 0.301 e. The molecule has 0 saturated carbocycles. The highest BCUT2D eigenvalue weighted by molar-refractivity contribution is 8.04. The Balaban J connectivity index is 1.93. The average Bonchev–Trinajstić information content (AvgIpc) is 2.87. The molecule has 124 valence electrons. The van der Waals surface area contributed by atoms with Crippen LogP contribution in [0, 0.1) is 5.41 Å². The summed E-state index contributed by atoms with van der Waals surface area (Å²) in [5, 5.41) is 3.06. The summed E-state index contributed by atoms with van der Waals surface area (Å²) in [7, 11) is 0. The zero-order chi connectivity index (χ0) is 17.3. The lowest BCUT2D eigenvalue weighted by atomic mass is 9.91. The minimum absolute atomic E-state index is 0.0441. The van der Waals surface area contributed by atoms with E-state index in [1.807, 2.05) is 45.0 Å². The van der Waals surface area contributed by atoms with Crippen molar-refractivity contribution in [1.29, 1.82) is 0 Å². The number of ketones is 1. The molecule has 3 rings (SSSR count). The fraction of sp³-hybridized carbons (Fsp3) is 0.300. The highest BCUT2D eigenvalue weighted by atomic mass is 32.2. The normalized spacial score (nSPS) is 17.0. The summed E-state index contributed by atoms with van der Waals surface area (Å²) < 4.78 is 0. The van der Waals surface area contributed by atoms with Gasteiger partial charge in [0.05, 0.1) is 17.3 Å². The van der Waals surface area contributed by atoms with Crippen LogP contribution in [0.5, 0.6) is 0 Å². The number of rotatable bonds is 3. The minimum atomic E-state index is -0.440. The second-order valence-corrected chi connectivity index (χ2v) is 8.00. The molecule has 2 aromatic rings. The van der Waals surface area contributed by atoms with Crippen molar-refractivity contribution in [2.45, 2.75) is 27.3 Å². The zero-order valence-electron chi connectivity index (χ0n) is 14.2. The van der Waals surface area contributed by atoms with Crippen LogP contribution >= 0.6 is 11.8 Å². The highest BCUT2D eigenvalue weighted by Crippen LogP contribution is 2.33. The van der Waals surface area contributed by atoms with Gasteiger partial charge < -0.3 is 4.90 Å². The molecule has 1 saturated heterocycles. The van der Waals surface area contributed by atoms with Crippen LogP contribution < -0.4 is 0 Å². The second kappa shape index (κ2) is 6.44. The maximum absolute atomic E-state index is 12.3. The van der Waals surface area contributed by atoms with E-state index in [4.69, 9.17) is 0 Å². The summed E-state index contributed by atoms with van der Waals surface area (Å²) in [6, 6.07) is 14.3. The molecule has 1 aliphatic heterocycles. The van der Waals surface area contributed by atoms with Gasteiger partial charge in [-0.1, -0.05) is 75.0 Å². The van der Waals surface area contributed by atoms with Gasteiger partial charge in [0.2, 0.25) is 5.91 Å². The number of benzene rings is 2. The Morgan fingerprint density at radius 2 is 1.88 bits per heavy atom. The number of hydrogen-bond donors (Lipinski definition) is 0. The molecule has 0 unspecified atom stereocenters. The van der Waals surface area contributed by atoms with Crippen molar-refractivity contribution in [2.75, 3.05) is 5.75 Å². The second-order valence-electron chi connectivity index (χ2n) is 7.00. The van der Waals surface area contributed by atoms with Crippen LogP contribution in [-0.2, 0) is 16.1 Å². The summed E-state index contributed by atoms with van der Waals surface area (Å²) in [6.45, 7) is 6.17. The van der Waals surface area contributed by atoms with Gasteiger partial charge in [-0.15, -0.1) is 0 Å². The van der Waals surface area contributed by atoms with Gasteiger partial charge in [0.25, 0.3) is 0 Å². The Morgan fingerprint density at radius 3 is 2.62 bits per heavy atom. The van der Waals surface area contributed by atoms with Gasteiger partial charge in [-0.3, -0.25) is 9.59 Å². The Bertz CT molecular complexity index is 828.